The van der Waals surface area contributed by atoms with Crippen LogP contribution < -0.4 is 5.32 Å². The molecule has 2 amide bonds. The van der Waals surface area contributed by atoms with Crippen LogP contribution >= 0.6 is 0 Å². The minimum atomic E-state index is -0.209. The third-order valence-corrected chi connectivity index (χ3v) is 4.32. The van der Waals surface area contributed by atoms with Gasteiger partial charge in [-0.2, -0.15) is 0 Å². The van der Waals surface area contributed by atoms with Gasteiger partial charge < -0.3 is 15.0 Å². The van der Waals surface area contributed by atoms with Gasteiger partial charge in [0.15, 0.2) is 0 Å². The zero-order valence-electron chi connectivity index (χ0n) is 13.7. The normalized spacial score (nSPS) is 21.0. The molecule has 0 bridgehead atoms. The summed E-state index contributed by atoms with van der Waals surface area (Å²) in [6.45, 7) is 5.39. The van der Waals surface area contributed by atoms with Gasteiger partial charge in [-0.3, -0.25) is 9.59 Å². The number of rotatable bonds is 4. The first-order valence-electron chi connectivity index (χ1n) is 7.55. The molecule has 1 fully saturated rings. The van der Waals surface area contributed by atoms with Crippen LogP contribution in [0, 0.1) is 25.7 Å². The summed E-state index contributed by atoms with van der Waals surface area (Å²) in [5.41, 5.74) is 2.74. The first-order chi connectivity index (χ1) is 10.5. The Morgan fingerprint density at radius 1 is 1.32 bits per heavy atom. The van der Waals surface area contributed by atoms with Crippen molar-refractivity contribution in [3.63, 3.8) is 0 Å². The fourth-order valence-electron chi connectivity index (χ4n) is 3.04. The van der Waals surface area contributed by atoms with Gasteiger partial charge in [-0.25, -0.2) is 0 Å². The highest BCUT2D eigenvalue weighted by molar-refractivity contribution is 5.96. The number of carbonyl (C=O) groups is 2. The van der Waals surface area contributed by atoms with E-state index < -0.39 is 0 Å². The molecule has 1 aliphatic rings. The first kappa shape index (κ1) is 16.5. The lowest BCUT2D eigenvalue weighted by Gasteiger charge is -2.18. The Morgan fingerprint density at radius 2 is 2.05 bits per heavy atom. The molecular weight excluding hydrogens is 280 g/mol. The number of nitrogens with zero attached hydrogens (tertiary/aromatic N) is 1. The number of aryl methyl sites for hydroxylation is 2. The Bertz CT molecular complexity index is 571. The van der Waals surface area contributed by atoms with Crippen molar-refractivity contribution >= 4 is 11.8 Å². The van der Waals surface area contributed by atoms with Crippen molar-refractivity contribution in [1.82, 2.24) is 10.2 Å². The third-order valence-electron chi connectivity index (χ3n) is 4.32. The highest BCUT2D eigenvalue weighted by atomic mass is 16.5. The van der Waals surface area contributed by atoms with Crippen LogP contribution in [-0.2, 0) is 9.53 Å². The van der Waals surface area contributed by atoms with Crippen LogP contribution in [0.2, 0.25) is 0 Å². The molecule has 2 atom stereocenters. The van der Waals surface area contributed by atoms with Crippen molar-refractivity contribution in [2.24, 2.45) is 11.8 Å². The molecule has 0 saturated carbocycles. The maximum Gasteiger partial charge on any atom is 0.254 e. The van der Waals surface area contributed by atoms with Crippen LogP contribution in [0.1, 0.15) is 21.5 Å². The van der Waals surface area contributed by atoms with Crippen molar-refractivity contribution < 1.29 is 14.3 Å². The smallest absolute Gasteiger partial charge is 0.254 e. The van der Waals surface area contributed by atoms with E-state index in [1.165, 1.54) is 0 Å². The van der Waals surface area contributed by atoms with Crippen LogP contribution in [0.25, 0.3) is 0 Å². The van der Waals surface area contributed by atoms with Gasteiger partial charge in [-0.1, -0.05) is 17.7 Å². The van der Waals surface area contributed by atoms with Crippen molar-refractivity contribution in [3.8, 4) is 0 Å². The number of methoxy groups -OCH3 is 1. The van der Waals surface area contributed by atoms with E-state index in [4.69, 9.17) is 4.74 Å². The molecule has 5 heteroatoms. The highest BCUT2D eigenvalue weighted by Gasteiger charge is 2.39. The molecule has 1 aliphatic heterocycles. The van der Waals surface area contributed by atoms with Crippen molar-refractivity contribution in [3.05, 3.63) is 34.9 Å². The van der Waals surface area contributed by atoms with E-state index in [0.717, 1.165) is 11.1 Å². The quantitative estimate of drug-likeness (QED) is 0.914. The number of benzene rings is 1. The molecular formula is C17H24N2O3. The predicted octanol–water partition coefficient (Wildman–Crippen LogP) is 1.38. The highest BCUT2D eigenvalue weighted by Crippen LogP contribution is 2.26. The second kappa shape index (κ2) is 6.92. The van der Waals surface area contributed by atoms with E-state index in [-0.39, 0.29) is 23.7 Å². The van der Waals surface area contributed by atoms with Gasteiger partial charge in [-0.15, -0.1) is 0 Å². The van der Waals surface area contributed by atoms with Gasteiger partial charge in [-0.05, 0) is 25.5 Å². The number of likely N-dealkylation sites (tertiary alicyclic amines) is 1. The number of carbonyl (C=O) groups excluding carboxylic acids is 2. The van der Waals surface area contributed by atoms with Gasteiger partial charge in [0.2, 0.25) is 5.91 Å². The lowest BCUT2D eigenvalue weighted by Crippen LogP contribution is -2.34. The first-order valence-corrected chi connectivity index (χ1v) is 7.55. The topological polar surface area (TPSA) is 58.6 Å². The largest absolute Gasteiger partial charge is 0.384 e. The van der Waals surface area contributed by atoms with Gasteiger partial charge in [0.25, 0.3) is 5.91 Å². The van der Waals surface area contributed by atoms with Crippen molar-refractivity contribution in [2.75, 3.05) is 33.9 Å². The second-order valence-electron chi connectivity index (χ2n) is 5.96. The summed E-state index contributed by atoms with van der Waals surface area (Å²) in [5, 5.41) is 2.68. The molecule has 5 nitrogen and oxygen atoms in total. The molecule has 1 aromatic carbocycles. The Hall–Kier alpha value is -1.88. The fourth-order valence-corrected chi connectivity index (χ4v) is 3.04. The van der Waals surface area contributed by atoms with Gasteiger partial charge in [0.1, 0.15) is 0 Å². The molecule has 0 spiro atoms. The number of nitrogens with one attached hydrogen (secondary N) is 1. The van der Waals surface area contributed by atoms with Gasteiger partial charge in [0.05, 0.1) is 12.5 Å². The second-order valence-corrected chi connectivity index (χ2v) is 5.96. The summed E-state index contributed by atoms with van der Waals surface area (Å²) in [7, 11) is 3.25. The average Bonchev–Trinajstić information content (AvgIpc) is 2.92. The SMILES string of the molecule is CNC(=O)[C@@H]1CN(C(=O)c2cc(C)ccc2C)C[C@H]1COC. The van der Waals surface area contributed by atoms with Gasteiger partial charge >= 0.3 is 0 Å². The third kappa shape index (κ3) is 3.30. The predicted molar refractivity (Wildman–Crippen MR) is 84.7 cm³/mol. The molecule has 2 rings (SSSR count). The molecule has 0 aromatic heterocycles. The van der Waals surface area contributed by atoms with E-state index in [9.17, 15) is 9.59 Å². The van der Waals surface area contributed by atoms with Crippen LogP contribution in [0.5, 0.6) is 0 Å². The monoisotopic (exact) mass is 304 g/mol. The number of ether oxygens (including phenoxy) is 1. The summed E-state index contributed by atoms with van der Waals surface area (Å²) in [6.07, 6.45) is 0. The molecule has 0 aliphatic carbocycles. The Kier molecular flexibility index (Phi) is 5.19. The van der Waals surface area contributed by atoms with Gasteiger partial charge in [0, 0.05) is 38.7 Å². The minimum Gasteiger partial charge on any atom is -0.384 e. The molecule has 0 unspecified atom stereocenters. The summed E-state index contributed by atoms with van der Waals surface area (Å²) in [4.78, 5) is 26.6. The Balaban J connectivity index is 2.20. The van der Waals surface area contributed by atoms with Crippen LogP contribution in [-0.4, -0.2) is 50.6 Å². The van der Waals surface area contributed by atoms with Crippen molar-refractivity contribution in [1.29, 1.82) is 0 Å². The van der Waals surface area contributed by atoms with Crippen LogP contribution in [0.15, 0.2) is 18.2 Å². The molecule has 1 heterocycles. The standard InChI is InChI=1S/C17H24N2O3/c1-11-5-6-12(2)14(7-11)17(21)19-8-13(10-22-4)15(9-19)16(20)18-3/h5-7,13,15H,8-10H2,1-4H3,(H,18,20)/t13-,15+/m0/s1. The molecule has 0 radical (unpaired) electrons. The lowest BCUT2D eigenvalue weighted by atomic mass is 9.96. The number of hydrogen-bond acceptors (Lipinski definition) is 3. The Labute approximate surface area is 131 Å². The molecule has 1 N–H and O–H groups in total. The fraction of sp³-hybridized carbons (Fsp3) is 0.529. The van der Waals surface area contributed by atoms with E-state index in [2.05, 4.69) is 5.32 Å². The molecule has 1 saturated heterocycles. The molecule has 22 heavy (non-hydrogen) atoms. The Morgan fingerprint density at radius 3 is 2.68 bits per heavy atom. The maximum absolute atomic E-state index is 12.8. The molecule has 120 valence electrons. The summed E-state index contributed by atoms with van der Waals surface area (Å²) >= 11 is 0. The minimum absolute atomic E-state index is 0.00583. The maximum atomic E-state index is 12.8. The van der Waals surface area contributed by atoms with Crippen molar-refractivity contribution in [2.45, 2.75) is 13.8 Å². The van der Waals surface area contributed by atoms with E-state index in [0.29, 0.717) is 25.3 Å². The number of hydrogen-bond donors (Lipinski definition) is 1. The summed E-state index contributed by atoms with van der Waals surface area (Å²) in [6, 6.07) is 5.87. The average molecular weight is 304 g/mol. The van der Waals surface area contributed by atoms with E-state index in [1.807, 2.05) is 32.0 Å². The summed E-state index contributed by atoms with van der Waals surface area (Å²) < 4.78 is 5.21. The summed E-state index contributed by atoms with van der Waals surface area (Å²) in [5.74, 6) is -0.204. The van der Waals surface area contributed by atoms with E-state index in [1.54, 1.807) is 19.1 Å². The number of amides is 2. The zero-order chi connectivity index (χ0) is 16.3. The lowest BCUT2D eigenvalue weighted by molar-refractivity contribution is -0.125. The zero-order valence-corrected chi connectivity index (χ0v) is 13.7. The van der Waals surface area contributed by atoms with Crippen LogP contribution in [0.4, 0.5) is 0 Å². The van der Waals surface area contributed by atoms with Crippen LogP contribution in [0.3, 0.4) is 0 Å². The van der Waals surface area contributed by atoms with E-state index >= 15 is 0 Å². The molecule has 1 aromatic rings.